The molecule has 0 radical (unpaired) electrons. The number of nitrogens with zero attached hydrogens (tertiary/aromatic N) is 1. The highest BCUT2D eigenvalue weighted by molar-refractivity contribution is 7.12. The largest absolute Gasteiger partial charge is 0.381 e. The number of amidine groups is 1. The summed E-state index contributed by atoms with van der Waals surface area (Å²) in [6, 6.07) is 2.85. The Morgan fingerprint density at radius 1 is 1.60 bits per heavy atom. The number of hydrogen-bond donors (Lipinski definition) is 2. The van der Waals surface area contributed by atoms with Crippen LogP contribution in [-0.4, -0.2) is 5.84 Å². The van der Waals surface area contributed by atoms with Gasteiger partial charge in [0.05, 0.1) is 4.88 Å². The van der Waals surface area contributed by atoms with Crippen molar-refractivity contribution in [3.8, 4) is 0 Å². The van der Waals surface area contributed by atoms with E-state index >= 15 is 0 Å². The number of thiophene rings is 1. The number of hydrazone groups is 1. The fraction of sp³-hybridized carbons (Fsp3) is 0. The van der Waals surface area contributed by atoms with Crippen molar-refractivity contribution in [2.75, 3.05) is 0 Å². The summed E-state index contributed by atoms with van der Waals surface area (Å²) < 4.78 is 12.3. The predicted molar refractivity (Wildman–Crippen MR) is 39.2 cm³/mol. The van der Waals surface area contributed by atoms with Crippen LogP contribution in [0.25, 0.3) is 0 Å². The van der Waals surface area contributed by atoms with Gasteiger partial charge in [0.1, 0.15) is 0 Å². The van der Waals surface area contributed by atoms with Gasteiger partial charge in [-0.25, -0.2) is 0 Å². The van der Waals surface area contributed by atoms with E-state index in [4.69, 9.17) is 11.6 Å². The Labute approximate surface area is 61.1 Å². The van der Waals surface area contributed by atoms with E-state index in [-0.39, 0.29) is 11.0 Å². The van der Waals surface area contributed by atoms with Crippen LogP contribution in [0.1, 0.15) is 4.88 Å². The molecule has 4 N–H and O–H groups in total. The van der Waals surface area contributed by atoms with Crippen molar-refractivity contribution in [2.24, 2.45) is 16.7 Å². The van der Waals surface area contributed by atoms with Crippen LogP contribution in [0, 0.1) is 5.13 Å². The highest BCUT2D eigenvalue weighted by atomic mass is 32.1. The molecule has 3 nitrogen and oxygen atoms in total. The van der Waals surface area contributed by atoms with Crippen LogP contribution in [0.2, 0.25) is 0 Å². The summed E-state index contributed by atoms with van der Waals surface area (Å²) in [5.74, 6) is 5.02. The van der Waals surface area contributed by atoms with Crippen LogP contribution in [-0.2, 0) is 0 Å². The molecular formula is C5H6FN3S. The van der Waals surface area contributed by atoms with E-state index in [1.807, 2.05) is 0 Å². The minimum atomic E-state index is -0.290. The third-order valence-corrected chi connectivity index (χ3v) is 1.86. The van der Waals surface area contributed by atoms with Crippen molar-refractivity contribution in [2.45, 2.75) is 0 Å². The molecule has 1 aromatic heterocycles. The van der Waals surface area contributed by atoms with E-state index < -0.39 is 0 Å². The lowest BCUT2D eigenvalue weighted by molar-refractivity contribution is 0.657. The minimum absolute atomic E-state index is 0.161. The summed E-state index contributed by atoms with van der Waals surface area (Å²) in [4.78, 5) is 0.556. The lowest BCUT2D eigenvalue weighted by Crippen LogP contribution is -2.13. The van der Waals surface area contributed by atoms with E-state index in [1.165, 1.54) is 12.1 Å². The first-order chi connectivity index (χ1) is 4.74. The summed E-state index contributed by atoms with van der Waals surface area (Å²) in [5.41, 5.74) is 5.28. The van der Waals surface area contributed by atoms with Gasteiger partial charge in [0.2, 0.25) is 0 Å². The molecule has 0 saturated heterocycles. The molecule has 1 heterocycles. The summed E-state index contributed by atoms with van der Waals surface area (Å²) in [7, 11) is 0. The van der Waals surface area contributed by atoms with Crippen LogP contribution >= 0.6 is 11.3 Å². The topological polar surface area (TPSA) is 64.4 Å². The van der Waals surface area contributed by atoms with Gasteiger partial charge in [0, 0.05) is 0 Å². The first kappa shape index (κ1) is 7.01. The second-order valence-corrected chi connectivity index (χ2v) is 2.65. The third-order valence-electron chi connectivity index (χ3n) is 0.965. The van der Waals surface area contributed by atoms with Crippen LogP contribution in [0.15, 0.2) is 17.2 Å². The number of halogens is 1. The summed E-state index contributed by atoms with van der Waals surface area (Å²) in [5, 5.41) is 2.92. The number of nitrogens with two attached hydrogens (primary N) is 2. The Balaban J connectivity index is 2.95. The summed E-state index contributed by atoms with van der Waals surface area (Å²) in [6.45, 7) is 0. The first-order valence-corrected chi connectivity index (χ1v) is 3.34. The molecule has 0 bridgehead atoms. The fourth-order valence-electron chi connectivity index (χ4n) is 0.516. The molecule has 1 rings (SSSR count). The maximum atomic E-state index is 12.3. The molecule has 0 amide bonds. The van der Waals surface area contributed by atoms with E-state index in [0.29, 0.717) is 4.88 Å². The van der Waals surface area contributed by atoms with Gasteiger partial charge in [0.15, 0.2) is 11.0 Å². The molecule has 0 aliphatic heterocycles. The Bertz CT molecular complexity index is 255. The maximum absolute atomic E-state index is 12.3. The molecule has 0 saturated carbocycles. The molecule has 10 heavy (non-hydrogen) atoms. The summed E-state index contributed by atoms with van der Waals surface area (Å²) >= 11 is 0.918. The van der Waals surface area contributed by atoms with E-state index in [0.717, 1.165) is 11.3 Å². The van der Waals surface area contributed by atoms with Crippen molar-refractivity contribution in [1.29, 1.82) is 0 Å². The Hall–Kier alpha value is -1.10. The Morgan fingerprint density at radius 3 is 2.70 bits per heavy atom. The van der Waals surface area contributed by atoms with E-state index in [2.05, 4.69) is 5.10 Å². The van der Waals surface area contributed by atoms with Gasteiger partial charge < -0.3 is 11.6 Å². The fourth-order valence-corrected chi connectivity index (χ4v) is 1.16. The van der Waals surface area contributed by atoms with E-state index in [1.54, 1.807) is 0 Å². The molecule has 1 aromatic rings. The average molecular weight is 159 g/mol. The molecule has 0 aliphatic carbocycles. The molecular weight excluding hydrogens is 153 g/mol. The Morgan fingerprint density at radius 2 is 2.30 bits per heavy atom. The molecule has 0 spiro atoms. The smallest absolute Gasteiger partial charge is 0.177 e. The second-order valence-electron chi connectivity index (χ2n) is 1.62. The van der Waals surface area contributed by atoms with Gasteiger partial charge in [-0.1, -0.05) is 0 Å². The molecule has 0 unspecified atom stereocenters. The van der Waals surface area contributed by atoms with Gasteiger partial charge >= 0.3 is 0 Å². The lowest BCUT2D eigenvalue weighted by atomic mass is 10.4. The highest BCUT2D eigenvalue weighted by Gasteiger charge is 2.01. The number of hydrogen-bond acceptors (Lipinski definition) is 3. The predicted octanol–water partition coefficient (Wildman–Crippen LogP) is 0.466. The first-order valence-electron chi connectivity index (χ1n) is 2.53. The quantitative estimate of drug-likeness (QED) is 0.271. The van der Waals surface area contributed by atoms with E-state index in [9.17, 15) is 4.39 Å². The SMILES string of the molecule is NN=C(N)c1ccc(F)s1. The molecule has 0 fully saturated rings. The summed E-state index contributed by atoms with van der Waals surface area (Å²) in [6.07, 6.45) is 0. The molecule has 54 valence electrons. The van der Waals surface area contributed by atoms with Crippen molar-refractivity contribution < 1.29 is 4.39 Å². The second kappa shape index (κ2) is 2.66. The van der Waals surface area contributed by atoms with Crippen molar-refractivity contribution >= 4 is 17.2 Å². The van der Waals surface area contributed by atoms with Gasteiger partial charge in [0.25, 0.3) is 0 Å². The van der Waals surface area contributed by atoms with Crippen molar-refractivity contribution in [3.63, 3.8) is 0 Å². The standard InChI is InChI=1S/C5H6FN3S/c6-4-2-1-3(10-4)5(7)9-8/h1-2H,8H2,(H2,7,9). The van der Waals surface area contributed by atoms with Crippen molar-refractivity contribution in [1.82, 2.24) is 0 Å². The highest BCUT2D eigenvalue weighted by Crippen LogP contribution is 2.12. The zero-order valence-corrected chi connectivity index (χ0v) is 5.86. The molecule has 0 atom stereocenters. The lowest BCUT2D eigenvalue weighted by Gasteiger charge is -1.88. The monoisotopic (exact) mass is 159 g/mol. The van der Waals surface area contributed by atoms with Crippen molar-refractivity contribution in [3.05, 3.63) is 22.1 Å². The molecule has 0 aromatic carbocycles. The van der Waals surface area contributed by atoms with Crippen LogP contribution < -0.4 is 11.6 Å². The minimum Gasteiger partial charge on any atom is -0.381 e. The average Bonchev–Trinajstić information content (AvgIpc) is 2.34. The van der Waals surface area contributed by atoms with Gasteiger partial charge in [-0.3, -0.25) is 0 Å². The van der Waals surface area contributed by atoms with Gasteiger partial charge in [-0.15, -0.1) is 11.3 Å². The zero-order valence-electron chi connectivity index (χ0n) is 5.04. The van der Waals surface area contributed by atoms with Crippen LogP contribution in [0.3, 0.4) is 0 Å². The molecule has 5 heteroatoms. The Kier molecular flexibility index (Phi) is 1.86. The van der Waals surface area contributed by atoms with Gasteiger partial charge in [-0.2, -0.15) is 9.49 Å². The third kappa shape index (κ3) is 1.24. The zero-order chi connectivity index (χ0) is 7.56. The maximum Gasteiger partial charge on any atom is 0.177 e. The normalized spacial score (nSPS) is 11.9. The van der Waals surface area contributed by atoms with Crippen LogP contribution in [0.4, 0.5) is 4.39 Å². The van der Waals surface area contributed by atoms with Gasteiger partial charge in [-0.05, 0) is 12.1 Å². The number of rotatable bonds is 1. The van der Waals surface area contributed by atoms with Crippen LogP contribution in [0.5, 0.6) is 0 Å². The molecule has 0 aliphatic rings.